The Kier molecular flexibility index (Phi) is 3.51. The smallest absolute Gasteiger partial charge is 0.288 e. The van der Waals surface area contributed by atoms with Gasteiger partial charge in [0, 0.05) is 19.2 Å². The van der Waals surface area contributed by atoms with Crippen molar-refractivity contribution in [2.24, 2.45) is 0 Å². The van der Waals surface area contributed by atoms with E-state index in [1.807, 2.05) is 0 Å². The molecule has 0 bridgehead atoms. The second kappa shape index (κ2) is 5.11. The predicted molar refractivity (Wildman–Crippen MR) is 68.8 cm³/mol. The third kappa shape index (κ3) is 2.37. The summed E-state index contributed by atoms with van der Waals surface area (Å²) in [6.45, 7) is 2.22. The zero-order valence-electron chi connectivity index (χ0n) is 10.7. The average Bonchev–Trinajstić information content (AvgIpc) is 2.41. The van der Waals surface area contributed by atoms with Gasteiger partial charge in [0.15, 0.2) is 0 Å². The first-order valence-corrected chi connectivity index (χ1v) is 5.90. The molecule has 2 heterocycles. The maximum absolute atomic E-state index is 12.4. The molecular formula is C11H13N5O4. The van der Waals surface area contributed by atoms with Crippen molar-refractivity contribution < 1.29 is 14.5 Å². The molecule has 0 spiro atoms. The van der Waals surface area contributed by atoms with Crippen LogP contribution in [0.3, 0.4) is 0 Å². The summed E-state index contributed by atoms with van der Waals surface area (Å²) in [7, 11) is 0. The number of anilines is 1. The first-order chi connectivity index (χ1) is 9.41. The fraction of sp³-hybridized carbons (Fsp3) is 0.364. The number of nitro groups is 1. The predicted octanol–water partition coefficient (Wildman–Crippen LogP) is -0.468. The van der Waals surface area contributed by atoms with Gasteiger partial charge in [-0.1, -0.05) is 0 Å². The molecule has 9 nitrogen and oxygen atoms in total. The first-order valence-electron chi connectivity index (χ1n) is 5.90. The third-order valence-corrected chi connectivity index (χ3v) is 3.11. The Morgan fingerprint density at radius 2 is 2.35 bits per heavy atom. The zero-order valence-corrected chi connectivity index (χ0v) is 10.7. The van der Waals surface area contributed by atoms with Gasteiger partial charge in [-0.2, -0.15) is 0 Å². The summed E-state index contributed by atoms with van der Waals surface area (Å²) in [6.07, 6.45) is 0.985. The van der Waals surface area contributed by atoms with Crippen molar-refractivity contribution in [2.75, 3.05) is 18.8 Å². The lowest BCUT2D eigenvalue weighted by atomic mass is 10.1. The summed E-state index contributed by atoms with van der Waals surface area (Å²) >= 11 is 0. The van der Waals surface area contributed by atoms with Crippen molar-refractivity contribution in [1.82, 2.24) is 15.2 Å². The van der Waals surface area contributed by atoms with E-state index in [0.29, 0.717) is 13.1 Å². The fourth-order valence-electron chi connectivity index (χ4n) is 1.95. The molecule has 1 aliphatic heterocycles. The number of rotatable bonds is 2. The number of aromatic nitrogens is 1. The molecule has 1 fully saturated rings. The molecule has 1 unspecified atom stereocenters. The Bertz CT molecular complexity index is 588. The molecule has 0 radical (unpaired) electrons. The summed E-state index contributed by atoms with van der Waals surface area (Å²) in [5, 5.41) is 13.3. The summed E-state index contributed by atoms with van der Waals surface area (Å²) in [5.74, 6) is -0.915. The Hall–Kier alpha value is -2.71. The molecule has 1 aromatic rings. The maximum Gasteiger partial charge on any atom is 0.288 e. The molecular weight excluding hydrogens is 266 g/mol. The number of piperazine rings is 1. The third-order valence-electron chi connectivity index (χ3n) is 3.11. The summed E-state index contributed by atoms with van der Waals surface area (Å²) in [4.78, 5) is 38.9. The van der Waals surface area contributed by atoms with Crippen LogP contribution in [0.4, 0.5) is 11.5 Å². The molecule has 1 saturated heterocycles. The van der Waals surface area contributed by atoms with Crippen molar-refractivity contribution in [1.29, 1.82) is 0 Å². The van der Waals surface area contributed by atoms with Gasteiger partial charge >= 0.3 is 0 Å². The van der Waals surface area contributed by atoms with Gasteiger partial charge in [0.1, 0.15) is 18.1 Å². The van der Waals surface area contributed by atoms with Crippen molar-refractivity contribution in [3.63, 3.8) is 0 Å². The van der Waals surface area contributed by atoms with Gasteiger partial charge in [0.05, 0.1) is 10.5 Å². The van der Waals surface area contributed by atoms with Crippen LogP contribution in [0.5, 0.6) is 0 Å². The summed E-state index contributed by atoms with van der Waals surface area (Å²) < 4.78 is 0. The number of hydrogen-bond acceptors (Lipinski definition) is 6. The fourth-order valence-corrected chi connectivity index (χ4v) is 1.95. The number of nitrogen functional groups attached to an aromatic ring is 1. The van der Waals surface area contributed by atoms with Crippen LogP contribution in [-0.4, -0.2) is 45.8 Å². The molecule has 3 N–H and O–H groups in total. The van der Waals surface area contributed by atoms with E-state index in [2.05, 4.69) is 10.3 Å². The second-order valence-electron chi connectivity index (χ2n) is 4.35. The molecule has 9 heteroatoms. The number of nitrogens with zero attached hydrogens (tertiary/aromatic N) is 3. The van der Waals surface area contributed by atoms with Gasteiger partial charge in [0.25, 0.3) is 11.6 Å². The quantitative estimate of drug-likeness (QED) is 0.555. The van der Waals surface area contributed by atoms with Crippen LogP contribution in [0.25, 0.3) is 0 Å². The van der Waals surface area contributed by atoms with E-state index < -0.39 is 16.9 Å². The SMILES string of the molecule is CC1C(=O)NCCN1C(=O)c1cc([N+](=O)[O-])cnc1N. The minimum atomic E-state index is -0.657. The van der Waals surface area contributed by atoms with E-state index in [4.69, 9.17) is 5.73 Å². The first kappa shape index (κ1) is 13.7. The molecule has 20 heavy (non-hydrogen) atoms. The van der Waals surface area contributed by atoms with E-state index >= 15 is 0 Å². The van der Waals surface area contributed by atoms with Crippen molar-refractivity contribution in [3.05, 3.63) is 27.9 Å². The van der Waals surface area contributed by atoms with E-state index in [1.165, 1.54) is 4.90 Å². The van der Waals surface area contributed by atoms with E-state index in [-0.39, 0.29) is 23.0 Å². The molecule has 0 aliphatic carbocycles. The second-order valence-corrected chi connectivity index (χ2v) is 4.35. The molecule has 2 amide bonds. The molecule has 1 atom stereocenters. The Balaban J connectivity index is 2.35. The van der Waals surface area contributed by atoms with Crippen LogP contribution in [0, 0.1) is 10.1 Å². The van der Waals surface area contributed by atoms with Gasteiger partial charge in [-0.3, -0.25) is 19.7 Å². The van der Waals surface area contributed by atoms with Crippen LogP contribution >= 0.6 is 0 Å². The standard InChI is InChI=1S/C11H13N5O4/c1-6-10(17)13-2-3-15(6)11(18)8-4-7(16(19)20)5-14-9(8)12/h4-6H,2-3H2,1H3,(H2,12,14)(H,13,17). The van der Waals surface area contributed by atoms with Gasteiger partial charge in [-0.25, -0.2) is 4.98 Å². The van der Waals surface area contributed by atoms with E-state index in [9.17, 15) is 19.7 Å². The Morgan fingerprint density at radius 3 is 3.00 bits per heavy atom. The largest absolute Gasteiger partial charge is 0.383 e. The van der Waals surface area contributed by atoms with E-state index in [0.717, 1.165) is 12.3 Å². The highest BCUT2D eigenvalue weighted by Gasteiger charge is 2.31. The lowest BCUT2D eigenvalue weighted by molar-refractivity contribution is -0.385. The number of nitrogens with one attached hydrogen (secondary N) is 1. The van der Waals surface area contributed by atoms with Gasteiger partial charge in [0.2, 0.25) is 5.91 Å². The Labute approximate surface area is 113 Å². The zero-order chi connectivity index (χ0) is 14.9. The number of carbonyl (C=O) groups excluding carboxylic acids is 2. The van der Waals surface area contributed by atoms with Crippen LogP contribution in [0.1, 0.15) is 17.3 Å². The summed E-state index contributed by atoms with van der Waals surface area (Å²) in [6, 6.07) is 0.416. The highest BCUT2D eigenvalue weighted by molar-refractivity contribution is 6.01. The number of hydrogen-bond donors (Lipinski definition) is 2. The summed E-state index contributed by atoms with van der Waals surface area (Å²) in [5.41, 5.74) is 5.20. The maximum atomic E-state index is 12.4. The number of carbonyl (C=O) groups is 2. The molecule has 0 saturated carbocycles. The van der Waals surface area contributed by atoms with Crippen LogP contribution in [0.2, 0.25) is 0 Å². The molecule has 106 valence electrons. The number of pyridine rings is 1. The Morgan fingerprint density at radius 1 is 1.65 bits per heavy atom. The van der Waals surface area contributed by atoms with Gasteiger partial charge < -0.3 is 16.0 Å². The average molecular weight is 279 g/mol. The van der Waals surface area contributed by atoms with Crippen molar-refractivity contribution in [3.8, 4) is 0 Å². The van der Waals surface area contributed by atoms with Crippen molar-refractivity contribution >= 4 is 23.3 Å². The van der Waals surface area contributed by atoms with E-state index in [1.54, 1.807) is 6.92 Å². The van der Waals surface area contributed by atoms with Crippen LogP contribution in [0.15, 0.2) is 12.3 Å². The topological polar surface area (TPSA) is 131 Å². The van der Waals surface area contributed by atoms with Gasteiger partial charge in [-0.15, -0.1) is 0 Å². The number of amides is 2. The lowest BCUT2D eigenvalue weighted by Crippen LogP contribution is -2.55. The minimum absolute atomic E-state index is 0.0687. The normalized spacial score (nSPS) is 18.6. The lowest BCUT2D eigenvalue weighted by Gasteiger charge is -2.32. The molecule has 0 aromatic carbocycles. The monoisotopic (exact) mass is 279 g/mol. The highest BCUT2D eigenvalue weighted by atomic mass is 16.6. The van der Waals surface area contributed by atoms with Crippen LogP contribution < -0.4 is 11.1 Å². The molecule has 2 rings (SSSR count). The van der Waals surface area contributed by atoms with Crippen LogP contribution in [-0.2, 0) is 4.79 Å². The van der Waals surface area contributed by atoms with Crippen molar-refractivity contribution in [2.45, 2.75) is 13.0 Å². The molecule has 1 aromatic heterocycles. The highest BCUT2D eigenvalue weighted by Crippen LogP contribution is 2.20. The minimum Gasteiger partial charge on any atom is -0.383 e. The molecule has 1 aliphatic rings. The number of nitrogens with two attached hydrogens (primary N) is 1. The van der Waals surface area contributed by atoms with Gasteiger partial charge in [-0.05, 0) is 6.92 Å².